The molecule has 0 saturated heterocycles. The van der Waals surface area contributed by atoms with Crippen molar-refractivity contribution in [2.75, 3.05) is 5.75 Å². The first kappa shape index (κ1) is 11.0. The molecule has 0 bridgehead atoms. The lowest BCUT2D eigenvalue weighted by Crippen LogP contribution is -1.81. The van der Waals surface area contributed by atoms with Crippen LogP contribution in [0.25, 0.3) is 0 Å². The minimum absolute atomic E-state index is 0.937. The van der Waals surface area contributed by atoms with Crippen LogP contribution in [0.5, 0.6) is 0 Å². The molecule has 0 fully saturated rings. The summed E-state index contributed by atoms with van der Waals surface area (Å²) in [4.78, 5) is 9.90. The monoisotopic (exact) mass is 174 g/mol. The molecule has 0 aliphatic heterocycles. The molecule has 0 aliphatic carbocycles. The maximum atomic E-state index is 9.90. The van der Waals surface area contributed by atoms with E-state index in [0.717, 1.165) is 11.4 Å². The van der Waals surface area contributed by atoms with E-state index in [1.54, 1.807) is 0 Å². The highest BCUT2D eigenvalue weighted by atomic mass is 32.2. The van der Waals surface area contributed by atoms with E-state index in [4.69, 9.17) is 0 Å². The zero-order valence-electron chi connectivity index (χ0n) is 7.34. The summed E-state index contributed by atoms with van der Waals surface area (Å²) in [5.41, 5.74) is 0.937. The number of hydrogen-bond acceptors (Lipinski definition) is 2. The molecule has 0 amide bonds. The van der Waals surface area contributed by atoms with Crippen LogP contribution in [-0.2, 0) is 4.79 Å². The fraction of sp³-hybridized carbons (Fsp3) is 0.889. The van der Waals surface area contributed by atoms with Gasteiger partial charge in [0.25, 0.3) is 0 Å². The van der Waals surface area contributed by atoms with Gasteiger partial charge in [0.1, 0.15) is 0 Å². The van der Waals surface area contributed by atoms with Crippen LogP contribution in [0.2, 0.25) is 0 Å². The van der Waals surface area contributed by atoms with Gasteiger partial charge in [-0.2, -0.15) is 0 Å². The largest absolute Gasteiger partial charge is 0.291 e. The Morgan fingerprint density at radius 1 is 1.09 bits per heavy atom. The van der Waals surface area contributed by atoms with Crippen LogP contribution in [0, 0.1) is 0 Å². The van der Waals surface area contributed by atoms with E-state index < -0.39 is 0 Å². The van der Waals surface area contributed by atoms with Gasteiger partial charge < -0.3 is 0 Å². The molecular weight excluding hydrogens is 156 g/mol. The fourth-order valence-corrected chi connectivity index (χ4v) is 1.48. The van der Waals surface area contributed by atoms with Gasteiger partial charge in [-0.15, -0.1) is 0 Å². The van der Waals surface area contributed by atoms with Crippen LogP contribution in [0.1, 0.15) is 45.4 Å². The van der Waals surface area contributed by atoms with Crippen molar-refractivity contribution >= 4 is 17.4 Å². The van der Waals surface area contributed by atoms with Crippen molar-refractivity contribution < 1.29 is 4.79 Å². The molecule has 2 heteroatoms. The average molecular weight is 174 g/mol. The van der Waals surface area contributed by atoms with E-state index in [-0.39, 0.29) is 0 Å². The summed E-state index contributed by atoms with van der Waals surface area (Å²) in [5.74, 6) is 1.01. The third-order valence-corrected chi connectivity index (χ3v) is 2.34. The van der Waals surface area contributed by atoms with Gasteiger partial charge >= 0.3 is 0 Å². The number of unbranched alkanes of at least 4 members (excludes halogenated alkanes) is 5. The Morgan fingerprint density at radius 2 is 1.73 bits per heavy atom. The Morgan fingerprint density at radius 3 is 2.36 bits per heavy atom. The first-order chi connectivity index (χ1) is 5.41. The van der Waals surface area contributed by atoms with Crippen LogP contribution in [-0.4, -0.2) is 11.4 Å². The standard InChI is InChI=1S/C9H18OS/c1-2-3-4-5-6-7-8-11-9-10/h9H,2-8H2,1H3. The zero-order chi connectivity index (χ0) is 8.36. The zero-order valence-corrected chi connectivity index (χ0v) is 8.16. The Bertz CT molecular complexity index is 83.6. The van der Waals surface area contributed by atoms with Gasteiger partial charge in [-0.3, -0.25) is 4.79 Å². The number of hydrogen-bond donors (Lipinski definition) is 0. The Balaban J connectivity index is 2.74. The van der Waals surface area contributed by atoms with E-state index in [0.29, 0.717) is 0 Å². The highest BCUT2D eigenvalue weighted by molar-refractivity contribution is 8.11. The summed E-state index contributed by atoms with van der Waals surface area (Å²) in [6.45, 7) is 2.22. The van der Waals surface area contributed by atoms with E-state index in [1.165, 1.54) is 50.3 Å². The molecule has 0 aromatic rings. The molecule has 0 spiro atoms. The summed E-state index contributed by atoms with van der Waals surface area (Å²) in [6.07, 6.45) is 7.87. The Kier molecular flexibility index (Phi) is 10.0. The lowest BCUT2D eigenvalue weighted by atomic mass is 10.1. The van der Waals surface area contributed by atoms with E-state index in [1.807, 2.05) is 0 Å². The molecule has 0 aliphatic rings. The van der Waals surface area contributed by atoms with Gasteiger partial charge in [-0.1, -0.05) is 50.8 Å². The SMILES string of the molecule is CCCCCCCCSC=O. The van der Waals surface area contributed by atoms with Crippen LogP contribution < -0.4 is 0 Å². The summed E-state index contributed by atoms with van der Waals surface area (Å²) in [6, 6.07) is 0. The average Bonchev–Trinajstić information content (AvgIpc) is 2.03. The third kappa shape index (κ3) is 10.0. The topological polar surface area (TPSA) is 17.1 Å². The normalized spacial score (nSPS) is 9.91. The molecule has 0 heterocycles. The van der Waals surface area contributed by atoms with Crippen LogP contribution in [0.15, 0.2) is 0 Å². The van der Waals surface area contributed by atoms with Crippen LogP contribution in [0.4, 0.5) is 0 Å². The quantitative estimate of drug-likeness (QED) is 0.415. The molecule has 0 N–H and O–H groups in total. The van der Waals surface area contributed by atoms with Crippen LogP contribution in [0.3, 0.4) is 0 Å². The highest BCUT2D eigenvalue weighted by Gasteiger charge is 1.89. The van der Waals surface area contributed by atoms with Crippen molar-refractivity contribution in [1.82, 2.24) is 0 Å². The molecule has 1 nitrogen and oxygen atoms in total. The number of carbonyl (C=O) groups excluding carboxylic acids is 1. The number of carbonyl (C=O) groups is 1. The third-order valence-electron chi connectivity index (χ3n) is 1.68. The summed E-state index contributed by atoms with van der Waals surface area (Å²) in [7, 11) is 0. The number of thioether (sulfide) groups is 1. The minimum Gasteiger partial charge on any atom is -0.291 e. The lowest BCUT2D eigenvalue weighted by molar-refractivity contribution is 0.570. The molecule has 0 rings (SSSR count). The maximum absolute atomic E-state index is 9.90. The molecular formula is C9H18OS. The highest BCUT2D eigenvalue weighted by Crippen LogP contribution is 2.07. The van der Waals surface area contributed by atoms with E-state index in [9.17, 15) is 4.79 Å². The summed E-state index contributed by atoms with van der Waals surface area (Å²) in [5, 5.41) is 0. The molecule has 0 atom stereocenters. The molecule has 66 valence electrons. The number of rotatable bonds is 8. The van der Waals surface area contributed by atoms with Crippen molar-refractivity contribution in [2.45, 2.75) is 45.4 Å². The molecule has 0 aromatic heterocycles. The van der Waals surface area contributed by atoms with Crippen LogP contribution >= 0.6 is 11.8 Å². The van der Waals surface area contributed by atoms with Gasteiger partial charge in [0.15, 0.2) is 5.62 Å². The van der Waals surface area contributed by atoms with Crippen molar-refractivity contribution in [3.05, 3.63) is 0 Å². The fourth-order valence-electron chi connectivity index (χ4n) is 1.01. The van der Waals surface area contributed by atoms with Crippen molar-refractivity contribution in [1.29, 1.82) is 0 Å². The first-order valence-electron chi connectivity index (χ1n) is 4.47. The summed E-state index contributed by atoms with van der Waals surface area (Å²) < 4.78 is 0. The van der Waals surface area contributed by atoms with Gasteiger partial charge in [0.2, 0.25) is 0 Å². The molecule has 0 unspecified atom stereocenters. The predicted molar refractivity (Wildman–Crippen MR) is 52.6 cm³/mol. The van der Waals surface area contributed by atoms with Gasteiger partial charge in [0, 0.05) is 5.75 Å². The first-order valence-corrected chi connectivity index (χ1v) is 5.52. The Hall–Kier alpha value is 0.0200. The molecule has 0 radical (unpaired) electrons. The molecule has 0 aromatic carbocycles. The molecule has 0 saturated carbocycles. The predicted octanol–water partition coefficient (Wildman–Crippen LogP) is 3.27. The second-order valence-electron chi connectivity index (χ2n) is 2.73. The van der Waals surface area contributed by atoms with E-state index in [2.05, 4.69) is 6.92 Å². The van der Waals surface area contributed by atoms with Crippen molar-refractivity contribution in [3.8, 4) is 0 Å². The second kappa shape index (κ2) is 10.0. The second-order valence-corrected chi connectivity index (χ2v) is 3.67. The lowest BCUT2D eigenvalue weighted by Gasteiger charge is -1.97. The maximum Gasteiger partial charge on any atom is 0.176 e. The van der Waals surface area contributed by atoms with Gasteiger partial charge in [-0.25, -0.2) is 0 Å². The summed E-state index contributed by atoms with van der Waals surface area (Å²) >= 11 is 1.39. The smallest absolute Gasteiger partial charge is 0.176 e. The van der Waals surface area contributed by atoms with Crippen molar-refractivity contribution in [3.63, 3.8) is 0 Å². The van der Waals surface area contributed by atoms with Gasteiger partial charge in [0.05, 0.1) is 0 Å². The minimum atomic E-state index is 0.937. The van der Waals surface area contributed by atoms with Crippen molar-refractivity contribution in [2.24, 2.45) is 0 Å². The molecule has 11 heavy (non-hydrogen) atoms. The van der Waals surface area contributed by atoms with E-state index >= 15 is 0 Å². The van der Waals surface area contributed by atoms with Gasteiger partial charge in [-0.05, 0) is 6.42 Å². The Labute approximate surface area is 73.9 Å².